The lowest BCUT2D eigenvalue weighted by molar-refractivity contribution is 0.156. The SMILES string of the molecule is CCc1ccc(N2CN(C(C)C)Cn3c2nc(C)c(CC)c3=O)cc1. The minimum absolute atomic E-state index is 0.0885. The van der Waals surface area contributed by atoms with Crippen LogP contribution >= 0.6 is 0 Å². The van der Waals surface area contributed by atoms with Crippen molar-refractivity contribution in [1.82, 2.24) is 14.5 Å². The molecule has 25 heavy (non-hydrogen) atoms. The van der Waals surface area contributed by atoms with E-state index >= 15 is 0 Å². The van der Waals surface area contributed by atoms with Crippen molar-refractivity contribution >= 4 is 11.6 Å². The summed E-state index contributed by atoms with van der Waals surface area (Å²) in [6.07, 6.45) is 1.73. The van der Waals surface area contributed by atoms with Gasteiger partial charge in [0.1, 0.15) is 0 Å². The second-order valence-electron chi connectivity index (χ2n) is 6.98. The van der Waals surface area contributed by atoms with Gasteiger partial charge in [-0.15, -0.1) is 0 Å². The Hall–Kier alpha value is -2.14. The maximum atomic E-state index is 13.0. The van der Waals surface area contributed by atoms with Crippen molar-refractivity contribution in [3.8, 4) is 0 Å². The molecule has 2 aromatic rings. The average molecular weight is 340 g/mol. The molecule has 5 heteroatoms. The van der Waals surface area contributed by atoms with Crippen LogP contribution in [0.5, 0.6) is 0 Å². The van der Waals surface area contributed by atoms with Crippen LogP contribution in [0.4, 0.5) is 11.6 Å². The number of hydrogen-bond donors (Lipinski definition) is 0. The molecule has 0 aliphatic carbocycles. The predicted molar refractivity (Wildman–Crippen MR) is 102 cm³/mol. The fourth-order valence-electron chi connectivity index (χ4n) is 3.33. The van der Waals surface area contributed by atoms with E-state index in [1.165, 1.54) is 5.56 Å². The highest BCUT2D eigenvalue weighted by molar-refractivity contribution is 5.59. The van der Waals surface area contributed by atoms with Gasteiger partial charge in [0.2, 0.25) is 5.95 Å². The molecule has 0 spiro atoms. The zero-order valence-electron chi connectivity index (χ0n) is 15.9. The van der Waals surface area contributed by atoms with E-state index in [2.05, 4.69) is 54.8 Å². The van der Waals surface area contributed by atoms with E-state index in [-0.39, 0.29) is 5.56 Å². The monoisotopic (exact) mass is 340 g/mol. The standard InChI is InChI=1S/C20H28N4O/c1-6-16-8-10-17(11-9-16)23-12-22(14(3)4)13-24-19(25)18(7-2)15(5)21-20(23)24/h8-11,14H,6-7,12-13H2,1-5H3. The first-order valence-corrected chi connectivity index (χ1v) is 9.17. The molecule has 0 N–H and O–H groups in total. The summed E-state index contributed by atoms with van der Waals surface area (Å²) in [7, 11) is 0. The van der Waals surface area contributed by atoms with Crippen LogP contribution in [0.15, 0.2) is 29.1 Å². The van der Waals surface area contributed by atoms with Crippen LogP contribution in [0.25, 0.3) is 0 Å². The Bertz CT molecular complexity index is 808. The fourth-order valence-corrected chi connectivity index (χ4v) is 3.33. The Morgan fingerprint density at radius 3 is 2.32 bits per heavy atom. The molecule has 0 amide bonds. The van der Waals surface area contributed by atoms with E-state index in [1.807, 2.05) is 18.4 Å². The fraction of sp³-hybridized carbons (Fsp3) is 0.500. The summed E-state index contributed by atoms with van der Waals surface area (Å²) in [6, 6.07) is 8.91. The van der Waals surface area contributed by atoms with Gasteiger partial charge in [-0.2, -0.15) is 0 Å². The van der Waals surface area contributed by atoms with Crippen LogP contribution in [-0.2, 0) is 19.5 Å². The molecule has 2 heterocycles. The van der Waals surface area contributed by atoms with Crippen molar-refractivity contribution in [2.24, 2.45) is 0 Å². The van der Waals surface area contributed by atoms with Crippen LogP contribution in [0.2, 0.25) is 0 Å². The largest absolute Gasteiger partial charge is 0.298 e. The molecule has 0 radical (unpaired) electrons. The van der Waals surface area contributed by atoms with Crippen LogP contribution in [0, 0.1) is 6.92 Å². The molecule has 134 valence electrons. The third-order valence-corrected chi connectivity index (χ3v) is 5.08. The van der Waals surface area contributed by atoms with Crippen molar-refractivity contribution in [2.75, 3.05) is 11.6 Å². The van der Waals surface area contributed by atoms with Gasteiger partial charge in [-0.25, -0.2) is 4.98 Å². The van der Waals surface area contributed by atoms with Gasteiger partial charge in [0.25, 0.3) is 5.56 Å². The van der Waals surface area contributed by atoms with E-state index in [0.717, 1.165) is 36.0 Å². The molecule has 5 nitrogen and oxygen atoms in total. The first kappa shape index (κ1) is 17.7. The molecule has 0 bridgehead atoms. The molecular weight excluding hydrogens is 312 g/mol. The van der Waals surface area contributed by atoms with Crippen molar-refractivity contribution < 1.29 is 0 Å². The number of aromatic nitrogens is 2. The number of fused-ring (bicyclic) bond motifs is 1. The van der Waals surface area contributed by atoms with Crippen LogP contribution in [0.1, 0.15) is 44.5 Å². The third-order valence-electron chi connectivity index (χ3n) is 5.08. The van der Waals surface area contributed by atoms with Crippen molar-refractivity contribution in [3.05, 3.63) is 51.4 Å². The van der Waals surface area contributed by atoms with Gasteiger partial charge in [-0.1, -0.05) is 26.0 Å². The minimum Gasteiger partial charge on any atom is -0.298 e. The number of benzene rings is 1. The summed E-state index contributed by atoms with van der Waals surface area (Å²) in [5, 5.41) is 0. The molecule has 1 aromatic carbocycles. The molecule has 0 saturated heterocycles. The minimum atomic E-state index is 0.0885. The maximum Gasteiger partial charge on any atom is 0.259 e. The molecule has 1 aromatic heterocycles. The highest BCUT2D eigenvalue weighted by Gasteiger charge is 2.28. The molecule has 0 saturated carbocycles. The highest BCUT2D eigenvalue weighted by atomic mass is 16.1. The number of nitrogens with zero attached hydrogens (tertiary/aromatic N) is 4. The lowest BCUT2D eigenvalue weighted by atomic mass is 10.1. The molecule has 0 fully saturated rings. The van der Waals surface area contributed by atoms with Crippen LogP contribution in [0.3, 0.4) is 0 Å². The smallest absolute Gasteiger partial charge is 0.259 e. The Morgan fingerprint density at radius 2 is 1.76 bits per heavy atom. The predicted octanol–water partition coefficient (Wildman–Crippen LogP) is 3.45. The van der Waals surface area contributed by atoms with Gasteiger partial charge in [0, 0.05) is 23.0 Å². The van der Waals surface area contributed by atoms with Gasteiger partial charge in [0.15, 0.2) is 0 Å². The third kappa shape index (κ3) is 3.21. The lowest BCUT2D eigenvalue weighted by Gasteiger charge is -2.40. The average Bonchev–Trinajstić information content (AvgIpc) is 2.61. The number of hydrogen-bond acceptors (Lipinski definition) is 4. The Morgan fingerprint density at radius 1 is 1.08 bits per heavy atom. The summed E-state index contributed by atoms with van der Waals surface area (Å²) in [4.78, 5) is 22.2. The van der Waals surface area contributed by atoms with Crippen molar-refractivity contribution in [3.63, 3.8) is 0 Å². The van der Waals surface area contributed by atoms with Crippen molar-refractivity contribution in [1.29, 1.82) is 0 Å². The highest BCUT2D eigenvalue weighted by Crippen LogP contribution is 2.28. The lowest BCUT2D eigenvalue weighted by Crippen LogP contribution is -2.50. The Kier molecular flexibility index (Phi) is 4.95. The first-order valence-electron chi connectivity index (χ1n) is 9.17. The Balaban J connectivity index is 2.14. The zero-order valence-corrected chi connectivity index (χ0v) is 15.9. The van der Waals surface area contributed by atoms with Crippen LogP contribution in [-0.4, -0.2) is 27.2 Å². The summed E-state index contributed by atoms with van der Waals surface area (Å²) in [6.45, 7) is 11.8. The maximum absolute atomic E-state index is 13.0. The number of aryl methyl sites for hydroxylation is 2. The Labute approximate surface area is 149 Å². The number of anilines is 2. The molecule has 1 aliphatic rings. The van der Waals surface area contributed by atoms with Gasteiger partial charge >= 0.3 is 0 Å². The number of rotatable bonds is 4. The molecule has 0 unspecified atom stereocenters. The zero-order chi connectivity index (χ0) is 18.1. The summed E-state index contributed by atoms with van der Waals surface area (Å²) < 4.78 is 1.82. The van der Waals surface area contributed by atoms with E-state index in [9.17, 15) is 4.79 Å². The molecule has 1 aliphatic heterocycles. The van der Waals surface area contributed by atoms with E-state index in [0.29, 0.717) is 19.1 Å². The normalized spacial score (nSPS) is 14.9. The second kappa shape index (κ2) is 7.00. The van der Waals surface area contributed by atoms with E-state index in [4.69, 9.17) is 4.98 Å². The van der Waals surface area contributed by atoms with Gasteiger partial charge in [-0.3, -0.25) is 19.2 Å². The van der Waals surface area contributed by atoms with Gasteiger partial charge in [0.05, 0.1) is 13.3 Å². The van der Waals surface area contributed by atoms with E-state index in [1.54, 1.807) is 0 Å². The molecule has 0 atom stereocenters. The molecule has 3 rings (SSSR count). The summed E-state index contributed by atoms with van der Waals surface area (Å²) in [5.74, 6) is 0.751. The van der Waals surface area contributed by atoms with Gasteiger partial charge in [-0.05, 0) is 51.3 Å². The first-order chi connectivity index (χ1) is 12.0. The second-order valence-corrected chi connectivity index (χ2v) is 6.98. The molecular formula is C20H28N4O. The van der Waals surface area contributed by atoms with Crippen molar-refractivity contribution in [2.45, 2.75) is 60.2 Å². The van der Waals surface area contributed by atoms with E-state index < -0.39 is 0 Å². The topological polar surface area (TPSA) is 41.4 Å². The van der Waals surface area contributed by atoms with Crippen LogP contribution < -0.4 is 10.5 Å². The summed E-state index contributed by atoms with van der Waals surface area (Å²) >= 11 is 0. The quantitative estimate of drug-likeness (QED) is 0.855. The summed E-state index contributed by atoms with van der Waals surface area (Å²) in [5.41, 5.74) is 4.13. The van der Waals surface area contributed by atoms with Gasteiger partial charge < -0.3 is 0 Å².